The molecule has 21 heavy (non-hydrogen) atoms. The van der Waals surface area contributed by atoms with Crippen LogP contribution in [0.5, 0.6) is 0 Å². The highest BCUT2D eigenvalue weighted by Gasteiger charge is 2.22. The third-order valence-electron chi connectivity index (χ3n) is 3.80. The highest BCUT2D eigenvalue weighted by molar-refractivity contribution is 5.88. The summed E-state index contributed by atoms with van der Waals surface area (Å²) in [5.74, 6) is -0.929. The number of aromatic carboxylic acids is 1. The van der Waals surface area contributed by atoms with Gasteiger partial charge < -0.3 is 5.11 Å². The van der Waals surface area contributed by atoms with Gasteiger partial charge in [0.2, 0.25) is 0 Å². The van der Waals surface area contributed by atoms with Gasteiger partial charge in [-0.3, -0.25) is 0 Å². The van der Waals surface area contributed by atoms with E-state index in [0.29, 0.717) is 0 Å². The Morgan fingerprint density at radius 2 is 1.95 bits per heavy atom. The third kappa shape index (κ3) is 1.84. The molecular formula is C17H12N2O2. The van der Waals surface area contributed by atoms with Crippen LogP contribution in [-0.4, -0.2) is 20.9 Å². The largest absolute Gasteiger partial charge is 0.478 e. The first-order valence-electron chi connectivity index (χ1n) is 6.73. The summed E-state index contributed by atoms with van der Waals surface area (Å²) in [5.41, 5.74) is 5.66. The first kappa shape index (κ1) is 11.9. The molecule has 1 aliphatic rings. The Morgan fingerprint density at radius 3 is 2.81 bits per heavy atom. The summed E-state index contributed by atoms with van der Waals surface area (Å²) in [6, 6.07) is 15.1. The van der Waals surface area contributed by atoms with Crippen LogP contribution in [0.15, 0.2) is 54.7 Å². The highest BCUT2D eigenvalue weighted by atomic mass is 16.4. The summed E-state index contributed by atoms with van der Waals surface area (Å²) in [7, 11) is 0. The maximum Gasteiger partial charge on any atom is 0.335 e. The van der Waals surface area contributed by atoms with E-state index in [-0.39, 0.29) is 5.56 Å². The molecule has 0 aliphatic heterocycles. The first-order valence-corrected chi connectivity index (χ1v) is 6.73. The number of benzene rings is 2. The van der Waals surface area contributed by atoms with E-state index >= 15 is 0 Å². The summed E-state index contributed by atoms with van der Waals surface area (Å²) >= 11 is 0. The van der Waals surface area contributed by atoms with Gasteiger partial charge in [0.1, 0.15) is 0 Å². The Bertz CT molecular complexity index is 865. The van der Waals surface area contributed by atoms with E-state index in [2.05, 4.69) is 17.2 Å². The van der Waals surface area contributed by atoms with E-state index in [1.165, 1.54) is 16.7 Å². The van der Waals surface area contributed by atoms with E-state index in [0.717, 1.165) is 17.8 Å². The summed E-state index contributed by atoms with van der Waals surface area (Å²) in [6.07, 6.45) is 2.86. The van der Waals surface area contributed by atoms with Gasteiger partial charge in [-0.15, -0.1) is 0 Å². The Kier molecular flexibility index (Phi) is 2.44. The maximum atomic E-state index is 11.1. The van der Waals surface area contributed by atoms with Crippen LogP contribution in [0, 0.1) is 0 Å². The minimum atomic E-state index is -0.929. The third-order valence-corrected chi connectivity index (χ3v) is 3.80. The number of carboxylic acids is 1. The van der Waals surface area contributed by atoms with Crippen molar-refractivity contribution in [1.82, 2.24) is 9.78 Å². The SMILES string of the molecule is O=C(O)c1cccc(-n2cc3c(n2)-c2ccccc2C3)c1. The summed E-state index contributed by atoms with van der Waals surface area (Å²) < 4.78 is 1.76. The van der Waals surface area contributed by atoms with Gasteiger partial charge >= 0.3 is 5.97 Å². The van der Waals surface area contributed by atoms with Crippen molar-refractivity contribution >= 4 is 5.97 Å². The zero-order valence-corrected chi connectivity index (χ0v) is 11.2. The van der Waals surface area contributed by atoms with E-state index in [1.54, 1.807) is 22.9 Å². The fraction of sp³-hybridized carbons (Fsp3) is 0.0588. The summed E-state index contributed by atoms with van der Waals surface area (Å²) in [4.78, 5) is 11.1. The summed E-state index contributed by atoms with van der Waals surface area (Å²) in [5, 5.41) is 13.7. The van der Waals surface area contributed by atoms with Gasteiger partial charge in [-0.1, -0.05) is 30.3 Å². The van der Waals surface area contributed by atoms with Crippen molar-refractivity contribution in [3.8, 4) is 16.9 Å². The van der Waals surface area contributed by atoms with Crippen LogP contribution in [0.4, 0.5) is 0 Å². The van der Waals surface area contributed by atoms with Crippen molar-refractivity contribution in [3.63, 3.8) is 0 Å². The molecular weight excluding hydrogens is 264 g/mol. The molecule has 0 bridgehead atoms. The zero-order valence-electron chi connectivity index (χ0n) is 11.2. The molecule has 4 heteroatoms. The van der Waals surface area contributed by atoms with Crippen molar-refractivity contribution < 1.29 is 9.90 Å². The first-order chi connectivity index (χ1) is 10.2. The van der Waals surface area contributed by atoms with Crippen molar-refractivity contribution in [3.05, 3.63) is 71.4 Å². The van der Waals surface area contributed by atoms with Gasteiger partial charge in [0.05, 0.1) is 16.9 Å². The van der Waals surface area contributed by atoms with Crippen LogP contribution in [0.25, 0.3) is 16.9 Å². The Hall–Kier alpha value is -2.88. The molecule has 0 saturated carbocycles. The number of rotatable bonds is 2. The number of aromatic nitrogens is 2. The van der Waals surface area contributed by atoms with E-state index < -0.39 is 5.97 Å². The van der Waals surface area contributed by atoms with Crippen molar-refractivity contribution in [2.24, 2.45) is 0 Å². The van der Waals surface area contributed by atoms with Crippen LogP contribution >= 0.6 is 0 Å². The number of carbonyl (C=O) groups is 1. The van der Waals surface area contributed by atoms with Gasteiger partial charge in [-0.25, -0.2) is 9.48 Å². The number of carboxylic acid groups (broad SMARTS) is 1. The molecule has 1 aliphatic carbocycles. The molecule has 0 atom stereocenters. The molecule has 4 nitrogen and oxygen atoms in total. The standard InChI is InChI=1S/C17H12N2O2/c20-17(21)12-5-3-6-14(9-12)19-10-13-8-11-4-1-2-7-15(11)16(13)18-19/h1-7,9-10H,8H2,(H,20,21). The van der Waals surface area contributed by atoms with Crippen molar-refractivity contribution in [2.45, 2.75) is 6.42 Å². The fourth-order valence-electron chi connectivity index (χ4n) is 2.79. The molecule has 2 aromatic carbocycles. The molecule has 0 spiro atoms. The van der Waals surface area contributed by atoms with Crippen molar-refractivity contribution in [2.75, 3.05) is 0 Å². The predicted octanol–water partition coefficient (Wildman–Crippen LogP) is 3.14. The van der Waals surface area contributed by atoms with Crippen LogP contribution in [-0.2, 0) is 6.42 Å². The van der Waals surface area contributed by atoms with Gasteiger partial charge in [-0.05, 0) is 23.8 Å². The van der Waals surface area contributed by atoms with Gasteiger partial charge in [-0.2, -0.15) is 5.10 Å². The normalized spacial score (nSPS) is 12.0. The number of nitrogens with zero attached hydrogens (tertiary/aromatic N) is 2. The van der Waals surface area contributed by atoms with Gasteiger partial charge in [0.25, 0.3) is 0 Å². The zero-order chi connectivity index (χ0) is 14.4. The number of hydrogen-bond acceptors (Lipinski definition) is 2. The summed E-state index contributed by atoms with van der Waals surface area (Å²) in [6.45, 7) is 0. The predicted molar refractivity (Wildman–Crippen MR) is 78.8 cm³/mol. The molecule has 1 N–H and O–H groups in total. The molecule has 0 amide bonds. The molecule has 0 unspecified atom stereocenters. The highest BCUT2D eigenvalue weighted by Crippen LogP contribution is 2.35. The number of fused-ring (bicyclic) bond motifs is 3. The lowest BCUT2D eigenvalue weighted by Gasteiger charge is -2.04. The molecule has 3 aromatic rings. The van der Waals surface area contributed by atoms with E-state index in [4.69, 9.17) is 5.11 Å². The minimum absolute atomic E-state index is 0.267. The smallest absolute Gasteiger partial charge is 0.335 e. The Balaban J connectivity index is 1.80. The maximum absolute atomic E-state index is 11.1. The lowest BCUT2D eigenvalue weighted by atomic mass is 10.1. The molecule has 102 valence electrons. The number of hydrogen-bond donors (Lipinski definition) is 1. The molecule has 0 radical (unpaired) electrons. The second-order valence-corrected chi connectivity index (χ2v) is 5.14. The van der Waals surface area contributed by atoms with E-state index in [9.17, 15) is 4.79 Å². The van der Waals surface area contributed by atoms with Crippen molar-refractivity contribution in [1.29, 1.82) is 0 Å². The minimum Gasteiger partial charge on any atom is -0.478 e. The fourth-order valence-corrected chi connectivity index (χ4v) is 2.79. The van der Waals surface area contributed by atoms with E-state index in [1.807, 2.05) is 24.4 Å². The molecule has 1 aromatic heterocycles. The quantitative estimate of drug-likeness (QED) is 0.612. The van der Waals surface area contributed by atoms with Gasteiger partial charge in [0.15, 0.2) is 0 Å². The molecule has 0 fully saturated rings. The van der Waals surface area contributed by atoms with Crippen LogP contribution < -0.4 is 0 Å². The molecule has 1 heterocycles. The average Bonchev–Trinajstić information content (AvgIpc) is 3.05. The second-order valence-electron chi connectivity index (χ2n) is 5.14. The Labute approximate surface area is 121 Å². The topological polar surface area (TPSA) is 55.1 Å². The van der Waals surface area contributed by atoms with Gasteiger partial charge in [0, 0.05) is 23.7 Å². The molecule has 4 rings (SSSR count). The monoisotopic (exact) mass is 276 g/mol. The second kappa shape index (κ2) is 4.31. The van der Waals surface area contributed by atoms with Crippen LogP contribution in [0.2, 0.25) is 0 Å². The lowest BCUT2D eigenvalue weighted by Crippen LogP contribution is -2.00. The molecule has 0 saturated heterocycles. The van der Waals surface area contributed by atoms with Crippen LogP contribution in [0.1, 0.15) is 21.5 Å². The van der Waals surface area contributed by atoms with Crippen LogP contribution in [0.3, 0.4) is 0 Å². The average molecular weight is 276 g/mol. The lowest BCUT2D eigenvalue weighted by molar-refractivity contribution is 0.0697. The Morgan fingerprint density at radius 1 is 1.10 bits per heavy atom.